The molecule has 0 bridgehead atoms. The number of aryl methyl sites for hydroxylation is 1. The molecule has 188 valence electrons. The van der Waals surface area contributed by atoms with E-state index in [1.807, 2.05) is 19.9 Å². The van der Waals surface area contributed by atoms with Crippen molar-refractivity contribution in [1.29, 1.82) is 0 Å². The fourth-order valence-corrected chi connectivity index (χ4v) is 3.41. The third-order valence-corrected chi connectivity index (χ3v) is 6.46. The maximum atomic E-state index is 5.25. The zero-order valence-electron chi connectivity index (χ0n) is 23.9. The maximum absolute atomic E-state index is 5.25. The van der Waals surface area contributed by atoms with Crippen molar-refractivity contribution < 1.29 is 4.74 Å². The van der Waals surface area contributed by atoms with E-state index in [4.69, 9.17) is 4.74 Å². The number of ether oxygens (including phenoxy) is 1. The van der Waals surface area contributed by atoms with Gasteiger partial charge >= 0.3 is 0 Å². The van der Waals surface area contributed by atoms with Gasteiger partial charge in [0, 0.05) is 6.54 Å². The van der Waals surface area contributed by atoms with Gasteiger partial charge in [-0.25, -0.2) is 0 Å². The molecule has 0 saturated carbocycles. The number of nitrogens with zero attached hydrogens (tertiary/aromatic N) is 1. The van der Waals surface area contributed by atoms with E-state index in [9.17, 15) is 0 Å². The zero-order chi connectivity index (χ0) is 25.1. The fourth-order valence-electron chi connectivity index (χ4n) is 3.41. The molecule has 0 fully saturated rings. The van der Waals surface area contributed by atoms with Gasteiger partial charge in [0.1, 0.15) is 5.75 Å². The molecule has 0 amide bonds. The van der Waals surface area contributed by atoms with Crippen molar-refractivity contribution in [3.05, 3.63) is 34.9 Å². The van der Waals surface area contributed by atoms with Crippen LogP contribution in [-0.2, 0) is 0 Å². The Hall–Kier alpha value is -1.28. The summed E-state index contributed by atoms with van der Waals surface area (Å²) in [5.74, 6) is 2.67. The van der Waals surface area contributed by atoms with E-state index in [1.165, 1.54) is 67.6 Å². The number of methoxy groups -OCH3 is 1. The summed E-state index contributed by atoms with van der Waals surface area (Å²) in [4.78, 5) is 2.65. The van der Waals surface area contributed by atoms with Gasteiger partial charge in [-0.15, -0.1) is 0 Å². The minimum Gasteiger partial charge on any atom is -0.497 e. The number of benzene rings is 1. The highest BCUT2D eigenvalue weighted by Crippen LogP contribution is 2.26. The largest absolute Gasteiger partial charge is 0.497 e. The molecule has 0 saturated heterocycles. The van der Waals surface area contributed by atoms with Crippen LogP contribution in [0.4, 0.5) is 0 Å². The fraction of sp³-hybridized carbons (Fsp3) is 0.733. The van der Waals surface area contributed by atoms with Gasteiger partial charge in [0.25, 0.3) is 0 Å². The van der Waals surface area contributed by atoms with Crippen LogP contribution in [0, 0.1) is 18.8 Å². The molecule has 2 atom stereocenters. The summed E-state index contributed by atoms with van der Waals surface area (Å²) in [7, 11) is 1.71. The SMILES string of the molecule is CC.CC/C(C)=C(/C)c1cc(OC)ccc1C.CCCN(CCC(C)CC)CC(C)CC. The summed E-state index contributed by atoms with van der Waals surface area (Å²) in [5, 5.41) is 0. The first-order chi connectivity index (χ1) is 15.2. The van der Waals surface area contributed by atoms with Crippen LogP contribution in [-0.4, -0.2) is 31.6 Å². The molecular formula is C30H57NO. The van der Waals surface area contributed by atoms with E-state index >= 15 is 0 Å². The van der Waals surface area contributed by atoms with Crippen LogP contribution in [0.1, 0.15) is 112 Å². The standard InChI is InChI=1S/C14H31N.C14H20O.C2H6/c1-6-10-15(12-14(5)8-3)11-9-13(4)7-2;1-6-10(2)12(4)14-9-13(15-5)8-7-11(14)3;1-2/h13-14H,6-12H2,1-5H3;7-9H,6H2,1-5H3;1-2H3/b;12-10-;. The van der Waals surface area contributed by atoms with E-state index < -0.39 is 0 Å². The van der Waals surface area contributed by atoms with Crippen LogP contribution >= 0.6 is 0 Å². The molecule has 2 unspecified atom stereocenters. The Labute approximate surface area is 202 Å². The van der Waals surface area contributed by atoms with Crippen LogP contribution in [0.25, 0.3) is 5.57 Å². The topological polar surface area (TPSA) is 12.5 Å². The zero-order valence-corrected chi connectivity index (χ0v) is 23.9. The first-order valence-corrected chi connectivity index (χ1v) is 13.3. The second-order valence-electron chi connectivity index (χ2n) is 9.06. The molecule has 0 aliphatic carbocycles. The predicted octanol–water partition coefficient (Wildman–Crippen LogP) is 9.41. The first-order valence-electron chi connectivity index (χ1n) is 13.3. The summed E-state index contributed by atoms with van der Waals surface area (Å²) in [6, 6.07) is 6.23. The van der Waals surface area contributed by atoms with E-state index in [0.29, 0.717) is 0 Å². The molecule has 32 heavy (non-hydrogen) atoms. The number of allylic oxidation sites excluding steroid dienone is 2. The molecule has 0 spiro atoms. The summed E-state index contributed by atoms with van der Waals surface area (Å²) < 4.78 is 5.25. The van der Waals surface area contributed by atoms with Crippen molar-refractivity contribution in [1.82, 2.24) is 4.90 Å². The highest BCUT2D eigenvalue weighted by atomic mass is 16.5. The lowest BCUT2D eigenvalue weighted by molar-refractivity contribution is 0.220. The molecular weight excluding hydrogens is 390 g/mol. The molecule has 0 aromatic heterocycles. The molecule has 0 aliphatic rings. The van der Waals surface area contributed by atoms with Crippen molar-refractivity contribution in [2.24, 2.45) is 11.8 Å². The quantitative estimate of drug-likeness (QED) is 0.316. The molecule has 0 heterocycles. The van der Waals surface area contributed by atoms with E-state index in [0.717, 1.165) is 24.0 Å². The summed E-state index contributed by atoms with van der Waals surface area (Å²) in [5.41, 5.74) is 5.41. The Morgan fingerprint density at radius 2 is 1.53 bits per heavy atom. The van der Waals surface area contributed by atoms with Gasteiger partial charge in [-0.05, 0) is 93.8 Å². The molecule has 2 nitrogen and oxygen atoms in total. The predicted molar refractivity (Wildman–Crippen MR) is 148 cm³/mol. The van der Waals surface area contributed by atoms with Crippen molar-refractivity contribution in [2.45, 2.75) is 108 Å². The van der Waals surface area contributed by atoms with Crippen molar-refractivity contribution in [3.8, 4) is 5.75 Å². The number of hydrogen-bond donors (Lipinski definition) is 0. The Balaban J connectivity index is 0. The molecule has 0 aliphatic heterocycles. The lowest BCUT2D eigenvalue weighted by Gasteiger charge is -2.25. The van der Waals surface area contributed by atoms with E-state index in [2.05, 4.69) is 79.3 Å². The second-order valence-corrected chi connectivity index (χ2v) is 9.06. The van der Waals surface area contributed by atoms with Gasteiger partial charge < -0.3 is 9.64 Å². The van der Waals surface area contributed by atoms with Gasteiger partial charge in [-0.3, -0.25) is 0 Å². The molecule has 1 aromatic carbocycles. The third-order valence-electron chi connectivity index (χ3n) is 6.46. The highest BCUT2D eigenvalue weighted by molar-refractivity contribution is 5.70. The maximum Gasteiger partial charge on any atom is 0.119 e. The Kier molecular flexibility index (Phi) is 20.9. The smallest absolute Gasteiger partial charge is 0.119 e. The average molecular weight is 448 g/mol. The van der Waals surface area contributed by atoms with Crippen LogP contribution in [0.2, 0.25) is 0 Å². The van der Waals surface area contributed by atoms with Crippen LogP contribution < -0.4 is 4.74 Å². The van der Waals surface area contributed by atoms with Gasteiger partial charge in [-0.2, -0.15) is 0 Å². The first kappa shape index (κ1) is 32.9. The van der Waals surface area contributed by atoms with E-state index in [1.54, 1.807) is 7.11 Å². The van der Waals surface area contributed by atoms with Crippen molar-refractivity contribution >= 4 is 5.57 Å². The van der Waals surface area contributed by atoms with E-state index in [-0.39, 0.29) is 0 Å². The average Bonchev–Trinajstić information content (AvgIpc) is 2.83. The van der Waals surface area contributed by atoms with Gasteiger partial charge in [0.2, 0.25) is 0 Å². The molecule has 0 N–H and O–H groups in total. The minimum absolute atomic E-state index is 0.855. The Morgan fingerprint density at radius 1 is 0.938 bits per heavy atom. The summed E-state index contributed by atoms with van der Waals surface area (Å²) >= 11 is 0. The molecule has 0 radical (unpaired) electrons. The van der Waals surface area contributed by atoms with Crippen molar-refractivity contribution in [2.75, 3.05) is 26.7 Å². The Morgan fingerprint density at radius 3 is 2.00 bits per heavy atom. The number of rotatable bonds is 12. The van der Waals surface area contributed by atoms with Crippen LogP contribution in [0.15, 0.2) is 23.8 Å². The summed E-state index contributed by atoms with van der Waals surface area (Å²) in [6.07, 6.45) is 6.39. The number of hydrogen-bond acceptors (Lipinski definition) is 2. The van der Waals surface area contributed by atoms with Crippen LogP contribution in [0.3, 0.4) is 0 Å². The van der Waals surface area contributed by atoms with Crippen molar-refractivity contribution in [3.63, 3.8) is 0 Å². The molecule has 1 rings (SSSR count). The Bertz CT molecular complexity index is 605. The lowest BCUT2D eigenvalue weighted by Crippen LogP contribution is -2.31. The monoisotopic (exact) mass is 447 g/mol. The normalized spacial score (nSPS) is 13.3. The van der Waals surface area contributed by atoms with Gasteiger partial charge in [0.15, 0.2) is 0 Å². The molecule has 1 aromatic rings. The lowest BCUT2D eigenvalue weighted by atomic mass is 9.97. The molecule has 2 heteroatoms. The van der Waals surface area contributed by atoms with Crippen LogP contribution in [0.5, 0.6) is 5.75 Å². The third kappa shape index (κ3) is 14.0. The minimum atomic E-state index is 0.855. The highest BCUT2D eigenvalue weighted by Gasteiger charge is 2.09. The summed E-state index contributed by atoms with van der Waals surface area (Å²) in [6.45, 7) is 28.2. The van der Waals surface area contributed by atoms with Gasteiger partial charge in [-0.1, -0.05) is 79.9 Å². The van der Waals surface area contributed by atoms with Gasteiger partial charge in [0.05, 0.1) is 7.11 Å². The second kappa shape index (κ2) is 20.3.